The van der Waals surface area contributed by atoms with Crippen LogP contribution in [-0.2, 0) is 0 Å². The van der Waals surface area contributed by atoms with Crippen LogP contribution in [0.3, 0.4) is 0 Å². The molecule has 4 N–H and O–H groups in total. The molecule has 0 radical (unpaired) electrons. The number of hydrogen-bond acceptors (Lipinski definition) is 2. The maximum absolute atomic E-state index is 5.53. The average Bonchev–Trinajstić information content (AvgIpc) is 2.60. The van der Waals surface area contributed by atoms with E-state index in [1.54, 1.807) is 12.4 Å². The zero-order valence-corrected chi connectivity index (χ0v) is 6.59. The minimum atomic E-state index is 0.722. The standard InChI is InChI=1S/C9H14N2/c10-4-8-6-1-2-7(3-6)9(8)5-11/h4-7H,1-3,10-11H2. The van der Waals surface area contributed by atoms with E-state index in [9.17, 15) is 0 Å². The maximum Gasteiger partial charge on any atom is -0.00234 e. The topological polar surface area (TPSA) is 52.0 Å². The lowest BCUT2D eigenvalue weighted by atomic mass is 9.91. The van der Waals surface area contributed by atoms with Crippen molar-refractivity contribution in [3.8, 4) is 0 Å². The summed E-state index contributed by atoms with van der Waals surface area (Å²) >= 11 is 0. The predicted octanol–water partition coefficient (Wildman–Crippen LogP) is 1.10. The first-order valence-corrected chi connectivity index (χ1v) is 4.20. The molecule has 2 aliphatic carbocycles. The lowest BCUT2D eigenvalue weighted by Crippen LogP contribution is -2.06. The first-order chi connectivity index (χ1) is 5.36. The summed E-state index contributed by atoms with van der Waals surface area (Å²) in [5.41, 5.74) is 13.7. The fourth-order valence-electron chi connectivity index (χ4n) is 2.48. The van der Waals surface area contributed by atoms with E-state index in [0.717, 1.165) is 11.8 Å². The van der Waals surface area contributed by atoms with Crippen LogP contribution in [0.5, 0.6) is 0 Å². The van der Waals surface area contributed by atoms with Gasteiger partial charge in [0, 0.05) is 0 Å². The monoisotopic (exact) mass is 150 g/mol. The largest absolute Gasteiger partial charge is 0.404 e. The van der Waals surface area contributed by atoms with Crippen LogP contribution in [0, 0.1) is 11.8 Å². The zero-order valence-electron chi connectivity index (χ0n) is 6.59. The summed E-state index contributed by atoms with van der Waals surface area (Å²) in [7, 11) is 0. The van der Waals surface area contributed by atoms with Gasteiger partial charge in [0.25, 0.3) is 0 Å². The third kappa shape index (κ3) is 0.785. The summed E-state index contributed by atoms with van der Waals surface area (Å²) < 4.78 is 0. The molecule has 2 rings (SSSR count). The quantitative estimate of drug-likeness (QED) is 0.543. The molecule has 2 unspecified atom stereocenters. The molecule has 0 aromatic rings. The van der Waals surface area contributed by atoms with Crippen molar-refractivity contribution in [1.29, 1.82) is 0 Å². The Kier molecular flexibility index (Phi) is 1.41. The summed E-state index contributed by atoms with van der Waals surface area (Å²) in [6, 6.07) is 0. The van der Waals surface area contributed by atoms with Crippen molar-refractivity contribution < 1.29 is 0 Å². The lowest BCUT2D eigenvalue weighted by molar-refractivity contribution is 0.651. The van der Waals surface area contributed by atoms with Crippen molar-refractivity contribution >= 4 is 0 Å². The fraction of sp³-hybridized carbons (Fsp3) is 0.556. The summed E-state index contributed by atoms with van der Waals surface area (Å²) in [5.74, 6) is 1.44. The Morgan fingerprint density at radius 2 is 1.45 bits per heavy atom. The van der Waals surface area contributed by atoms with E-state index in [1.165, 1.54) is 30.4 Å². The predicted molar refractivity (Wildman–Crippen MR) is 45.4 cm³/mol. The molecule has 0 spiro atoms. The SMILES string of the molecule is NC=C1C(=CN)C2CCC1C2. The molecule has 0 amide bonds. The van der Waals surface area contributed by atoms with Gasteiger partial charge in [-0.1, -0.05) is 0 Å². The van der Waals surface area contributed by atoms with E-state index in [0.29, 0.717) is 0 Å². The van der Waals surface area contributed by atoms with Gasteiger partial charge in [0.05, 0.1) is 0 Å². The average molecular weight is 150 g/mol. The molecule has 11 heavy (non-hydrogen) atoms. The summed E-state index contributed by atoms with van der Waals surface area (Å²) in [4.78, 5) is 0. The van der Waals surface area contributed by atoms with Crippen molar-refractivity contribution in [2.45, 2.75) is 19.3 Å². The molecule has 0 aromatic carbocycles. The second-order valence-corrected chi connectivity index (χ2v) is 3.45. The Morgan fingerprint density at radius 3 is 1.82 bits per heavy atom. The molecule has 0 saturated heterocycles. The maximum atomic E-state index is 5.53. The second-order valence-electron chi connectivity index (χ2n) is 3.45. The molecular formula is C9H14N2. The van der Waals surface area contributed by atoms with Gasteiger partial charge in [-0.25, -0.2) is 0 Å². The smallest absolute Gasteiger partial charge is 0.00234 e. The highest BCUT2D eigenvalue weighted by Crippen LogP contribution is 2.50. The third-order valence-electron chi connectivity index (χ3n) is 3.00. The zero-order chi connectivity index (χ0) is 7.84. The number of nitrogens with two attached hydrogens (primary N) is 2. The highest BCUT2D eigenvalue weighted by molar-refractivity contribution is 5.41. The van der Waals surface area contributed by atoms with Crippen LogP contribution in [0.15, 0.2) is 23.5 Å². The number of allylic oxidation sites excluding steroid dienone is 2. The molecule has 2 aliphatic rings. The van der Waals surface area contributed by atoms with E-state index in [-0.39, 0.29) is 0 Å². The molecule has 2 heteroatoms. The van der Waals surface area contributed by atoms with Gasteiger partial charge < -0.3 is 11.5 Å². The van der Waals surface area contributed by atoms with E-state index in [1.807, 2.05) is 0 Å². The molecule has 60 valence electrons. The summed E-state index contributed by atoms with van der Waals surface area (Å²) in [5, 5.41) is 0. The van der Waals surface area contributed by atoms with E-state index in [2.05, 4.69) is 0 Å². The molecule has 2 fully saturated rings. The van der Waals surface area contributed by atoms with Gasteiger partial charge in [-0.05, 0) is 54.6 Å². The van der Waals surface area contributed by atoms with Gasteiger partial charge in [0.1, 0.15) is 0 Å². The van der Waals surface area contributed by atoms with Crippen molar-refractivity contribution in [3.63, 3.8) is 0 Å². The molecule has 2 bridgehead atoms. The van der Waals surface area contributed by atoms with Gasteiger partial charge in [0.2, 0.25) is 0 Å². The second kappa shape index (κ2) is 2.29. The van der Waals surface area contributed by atoms with Crippen LogP contribution in [-0.4, -0.2) is 0 Å². The van der Waals surface area contributed by atoms with E-state index >= 15 is 0 Å². The highest BCUT2D eigenvalue weighted by Gasteiger charge is 2.38. The number of fused-ring (bicyclic) bond motifs is 2. The van der Waals surface area contributed by atoms with Gasteiger partial charge in [-0.15, -0.1) is 0 Å². The fourth-order valence-corrected chi connectivity index (χ4v) is 2.48. The first kappa shape index (κ1) is 6.77. The molecular weight excluding hydrogens is 136 g/mol. The van der Waals surface area contributed by atoms with E-state index in [4.69, 9.17) is 11.5 Å². The Labute approximate surface area is 66.9 Å². The van der Waals surface area contributed by atoms with Crippen LogP contribution in [0.4, 0.5) is 0 Å². The van der Waals surface area contributed by atoms with Crippen molar-refractivity contribution in [2.24, 2.45) is 23.3 Å². The lowest BCUT2D eigenvalue weighted by Gasteiger charge is -2.15. The van der Waals surface area contributed by atoms with Crippen molar-refractivity contribution in [2.75, 3.05) is 0 Å². The minimum Gasteiger partial charge on any atom is -0.404 e. The van der Waals surface area contributed by atoms with Gasteiger partial charge >= 0.3 is 0 Å². The van der Waals surface area contributed by atoms with Crippen LogP contribution in [0.1, 0.15) is 19.3 Å². The van der Waals surface area contributed by atoms with Gasteiger partial charge in [0.15, 0.2) is 0 Å². The normalized spacial score (nSPS) is 42.5. The Bertz CT molecular complexity index is 204. The van der Waals surface area contributed by atoms with Crippen LogP contribution < -0.4 is 11.5 Å². The molecule has 2 nitrogen and oxygen atoms in total. The summed E-state index contributed by atoms with van der Waals surface area (Å²) in [6.07, 6.45) is 7.38. The van der Waals surface area contributed by atoms with Crippen LogP contribution in [0.2, 0.25) is 0 Å². The molecule has 0 aliphatic heterocycles. The van der Waals surface area contributed by atoms with Crippen molar-refractivity contribution in [1.82, 2.24) is 0 Å². The van der Waals surface area contributed by atoms with Crippen LogP contribution in [0.25, 0.3) is 0 Å². The van der Waals surface area contributed by atoms with Gasteiger partial charge in [-0.2, -0.15) is 0 Å². The third-order valence-corrected chi connectivity index (χ3v) is 3.00. The number of rotatable bonds is 0. The Balaban J connectivity index is 2.35. The number of hydrogen-bond donors (Lipinski definition) is 2. The molecule has 0 heterocycles. The molecule has 2 atom stereocenters. The molecule has 0 aromatic heterocycles. The Morgan fingerprint density at radius 1 is 1.00 bits per heavy atom. The van der Waals surface area contributed by atoms with Crippen LogP contribution >= 0.6 is 0 Å². The highest BCUT2D eigenvalue weighted by atomic mass is 14.6. The molecule has 2 saturated carbocycles. The minimum absolute atomic E-state index is 0.722. The van der Waals surface area contributed by atoms with E-state index < -0.39 is 0 Å². The Hall–Kier alpha value is -0.920. The summed E-state index contributed by atoms with van der Waals surface area (Å²) in [6.45, 7) is 0. The van der Waals surface area contributed by atoms with Gasteiger partial charge in [-0.3, -0.25) is 0 Å². The first-order valence-electron chi connectivity index (χ1n) is 4.20. The van der Waals surface area contributed by atoms with Crippen molar-refractivity contribution in [3.05, 3.63) is 23.5 Å².